The predicted octanol–water partition coefficient (Wildman–Crippen LogP) is 5.22. The van der Waals surface area contributed by atoms with Gasteiger partial charge in [0.2, 0.25) is 5.69 Å². The summed E-state index contributed by atoms with van der Waals surface area (Å²) in [5.74, 6) is 0. The lowest BCUT2D eigenvalue weighted by Crippen LogP contribution is -2.35. The number of hydrogen-bond acceptors (Lipinski definition) is 1. The van der Waals surface area contributed by atoms with E-state index >= 15 is 0 Å². The summed E-state index contributed by atoms with van der Waals surface area (Å²) in [5, 5.41) is 4.38. The van der Waals surface area contributed by atoms with Crippen molar-refractivity contribution in [2.45, 2.75) is 6.92 Å². The van der Waals surface area contributed by atoms with Crippen molar-refractivity contribution < 1.29 is 4.68 Å². The van der Waals surface area contributed by atoms with Crippen LogP contribution in [0.2, 0.25) is 0 Å². The minimum Gasteiger partial charge on any atom is -0.0865 e. The topological polar surface area (TPSA) is 16.8 Å². The van der Waals surface area contributed by atoms with Gasteiger partial charge >= 0.3 is 0 Å². The van der Waals surface area contributed by atoms with Crippen molar-refractivity contribution in [3.63, 3.8) is 0 Å². The standard InChI is InChI=1S/C24H21N2/c1-18-14-15-20(17-23(18)24-13-8-16-25-26(24)2)22-12-7-6-11-21(22)19-9-4-3-5-10-19/h3-17H,1-2H3/q+1. The molecule has 0 aliphatic heterocycles. The molecule has 1 heterocycles. The van der Waals surface area contributed by atoms with Crippen molar-refractivity contribution in [1.29, 1.82) is 0 Å². The Labute approximate surface area is 154 Å². The van der Waals surface area contributed by atoms with Crippen molar-refractivity contribution in [2.24, 2.45) is 7.05 Å². The van der Waals surface area contributed by atoms with Gasteiger partial charge in [0.05, 0.1) is 11.8 Å². The van der Waals surface area contributed by atoms with Gasteiger partial charge in [-0.2, -0.15) is 0 Å². The quantitative estimate of drug-likeness (QED) is 0.469. The van der Waals surface area contributed by atoms with Gasteiger partial charge in [-0.25, -0.2) is 0 Å². The first-order valence-corrected chi connectivity index (χ1v) is 8.81. The molecule has 2 nitrogen and oxygen atoms in total. The summed E-state index contributed by atoms with van der Waals surface area (Å²) in [7, 11) is 1.99. The smallest absolute Gasteiger partial charge is 0.0865 e. The molecule has 0 unspecified atom stereocenters. The molecule has 0 aliphatic carbocycles. The monoisotopic (exact) mass is 337 g/mol. The van der Waals surface area contributed by atoms with Crippen LogP contribution in [0.5, 0.6) is 0 Å². The molecule has 4 rings (SSSR count). The highest BCUT2D eigenvalue weighted by atomic mass is 15.2. The molecular formula is C24H21N2+. The average Bonchev–Trinajstić information content (AvgIpc) is 2.70. The Bertz CT molecular complexity index is 1050. The zero-order chi connectivity index (χ0) is 17.9. The lowest BCUT2D eigenvalue weighted by Gasteiger charge is -2.12. The Hall–Kier alpha value is -3.26. The van der Waals surface area contributed by atoms with Crippen LogP contribution in [0, 0.1) is 6.92 Å². The lowest BCUT2D eigenvalue weighted by atomic mass is 9.92. The van der Waals surface area contributed by atoms with E-state index in [9.17, 15) is 0 Å². The lowest BCUT2D eigenvalue weighted by molar-refractivity contribution is -0.720. The van der Waals surface area contributed by atoms with Gasteiger partial charge in [-0.3, -0.25) is 0 Å². The van der Waals surface area contributed by atoms with Crippen LogP contribution in [0.15, 0.2) is 91.1 Å². The second-order valence-corrected chi connectivity index (χ2v) is 6.47. The summed E-state index contributed by atoms with van der Waals surface area (Å²) in [6.45, 7) is 2.15. The molecule has 4 aromatic rings. The molecule has 1 aromatic heterocycles. The molecular weight excluding hydrogens is 316 g/mol. The average molecular weight is 337 g/mol. The van der Waals surface area contributed by atoms with Crippen LogP contribution < -0.4 is 4.68 Å². The maximum absolute atomic E-state index is 4.38. The van der Waals surface area contributed by atoms with E-state index in [4.69, 9.17) is 0 Å². The Morgan fingerprint density at radius 3 is 2.08 bits per heavy atom. The van der Waals surface area contributed by atoms with Crippen molar-refractivity contribution in [3.05, 3.63) is 96.7 Å². The van der Waals surface area contributed by atoms with Gasteiger partial charge in [-0.05, 0) is 52.0 Å². The minimum atomic E-state index is 1.11. The van der Waals surface area contributed by atoms with Crippen LogP contribution in [0.4, 0.5) is 0 Å². The normalized spacial score (nSPS) is 10.7. The largest absolute Gasteiger partial charge is 0.239 e. The summed E-state index contributed by atoms with van der Waals surface area (Å²) in [4.78, 5) is 0. The summed E-state index contributed by atoms with van der Waals surface area (Å²) in [6.07, 6.45) is 1.81. The van der Waals surface area contributed by atoms with Crippen LogP contribution in [-0.2, 0) is 7.05 Å². The molecule has 0 amide bonds. The molecule has 0 fully saturated rings. The van der Waals surface area contributed by atoms with Crippen LogP contribution in [0.25, 0.3) is 33.5 Å². The number of hydrogen-bond donors (Lipinski definition) is 0. The molecule has 0 radical (unpaired) electrons. The number of aryl methyl sites for hydroxylation is 2. The van der Waals surface area contributed by atoms with Gasteiger partial charge in [0, 0.05) is 6.07 Å². The summed E-state index contributed by atoms with van der Waals surface area (Å²) in [6, 6.07) is 29.9. The molecule has 0 saturated heterocycles. The Kier molecular flexibility index (Phi) is 4.32. The Morgan fingerprint density at radius 1 is 0.654 bits per heavy atom. The minimum absolute atomic E-state index is 1.11. The summed E-state index contributed by atoms with van der Waals surface area (Å²) in [5.41, 5.74) is 8.51. The first kappa shape index (κ1) is 16.2. The van der Waals surface area contributed by atoms with Gasteiger partial charge in [0.15, 0.2) is 7.05 Å². The van der Waals surface area contributed by atoms with Gasteiger partial charge < -0.3 is 0 Å². The molecule has 2 heteroatoms. The third kappa shape index (κ3) is 3.02. The van der Waals surface area contributed by atoms with Crippen molar-refractivity contribution in [1.82, 2.24) is 5.10 Å². The maximum Gasteiger partial charge on any atom is 0.239 e. The van der Waals surface area contributed by atoms with Crippen LogP contribution in [-0.4, -0.2) is 5.10 Å². The van der Waals surface area contributed by atoms with E-state index in [1.54, 1.807) is 0 Å². The molecule has 0 spiro atoms. The van der Waals surface area contributed by atoms with E-state index in [2.05, 4.69) is 90.9 Å². The van der Waals surface area contributed by atoms with Gasteiger partial charge in [0.1, 0.15) is 0 Å². The molecule has 26 heavy (non-hydrogen) atoms. The molecule has 0 aliphatic rings. The van der Waals surface area contributed by atoms with Gasteiger partial charge in [-0.1, -0.05) is 71.4 Å². The first-order valence-electron chi connectivity index (χ1n) is 8.81. The molecule has 0 N–H and O–H groups in total. The number of benzene rings is 3. The van der Waals surface area contributed by atoms with E-state index in [1.165, 1.54) is 33.4 Å². The van der Waals surface area contributed by atoms with Crippen LogP contribution >= 0.6 is 0 Å². The highest BCUT2D eigenvalue weighted by Gasteiger charge is 2.15. The summed E-state index contributed by atoms with van der Waals surface area (Å²) < 4.78 is 1.93. The van der Waals surface area contributed by atoms with Crippen molar-refractivity contribution in [3.8, 4) is 33.5 Å². The zero-order valence-electron chi connectivity index (χ0n) is 15.1. The fourth-order valence-corrected chi connectivity index (χ4v) is 3.38. The van der Waals surface area contributed by atoms with Crippen molar-refractivity contribution >= 4 is 0 Å². The van der Waals surface area contributed by atoms with E-state index in [-0.39, 0.29) is 0 Å². The first-order chi connectivity index (χ1) is 12.7. The number of rotatable bonds is 3. The summed E-state index contributed by atoms with van der Waals surface area (Å²) >= 11 is 0. The highest BCUT2D eigenvalue weighted by molar-refractivity contribution is 5.85. The molecule has 0 bridgehead atoms. The second-order valence-electron chi connectivity index (χ2n) is 6.47. The van der Waals surface area contributed by atoms with E-state index in [0.717, 1.165) is 5.69 Å². The second kappa shape index (κ2) is 6.93. The number of aromatic nitrogens is 2. The maximum atomic E-state index is 4.38. The molecule has 126 valence electrons. The van der Waals surface area contributed by atoms with Crippen LogP contribution in [0.3, 0.4) is 0 Å². The molecule has 0 saturated carbocycles. The Balaban J connectivity index is 1.89. The van der Waals surface area contributed by atoms with E-state index in [0.29, 0.717) is 0 Å². The third-order valence-electron chi connectivity index (χ3n) is 4.77. The fraction of sp³-hybridized carbons (Fsp3) is 0.0833. The van der Waals surface area contributed by atoms with Gasteiger partial charge in [-0.15, -0.1) is 0 Å². The van der Waals surface area contributed by atoms with E-state index in [1.807, 2.05) is 24.0 Å². The number of nitrogens with zero attached hydrogens (tertiary/aromatic N) is 2. The van der Waals surface area contributed by atoms with Crippen LogP contribution in [0.1, 0.15) is 5.56 Å². The predicted molar refractivity (Wildman–Crippen MR) is 106 cm³/mol. The van der Waals surface area contributed by atoms with Gasteiger partial charge in [0.25, 0.3) is 0 Å². The van der Waals surface area contributed by atoms with E-state index < -0.39 is 0 Å². The fourth-order valence-electron chi connectivity index (χ4n) is 3.38. The van der Waals surface area contributed by atoms with Crippen molar-refractivity contribution in [2.75, 3.05) is 0 Å². The third-order valence-corrected chi connectivity index (χ3v) is 4.77. The molecule has 3 aromatic carbocycles. The highest BCUT2D eigenvalue weighted by Crippen LogP contribution is 2.34. The zero-order valence-corrected chi connectivity index (χ0v) is 15.1. The SMILES string of the molecule is Cc1ccc(-c2ccccc2-c2ccccc2)cc1-c1cccn[n+]1C. The Morgan fingerprint density at radius 2 is 1.35 bits per heavy atom. The molecule has 0 atom stereocenters.